The minimum Gasteiger partial charge on any atom is -0.378 e. The van der Waals surface area contributed by atoms with Gasteiger partial charge in [-0.15, -0.1) is 11.3 Å². The fraction of sp³-hybridized carbons (Fsp3) is 0.308. The third-order valence-corrected chi connectivity index (χ3v) is 4.08. The van der Waals surface area contributed by atoms with Crippen LogP contribution in [0.3, 0.4) is 0 Å². The van der Waals surface area contributed by atoms with Gasteiger partial charge in [0.15, 0.2) is 0 Å². The van der Waals surface area contributed by atoms with Crippen molar-refractivity contribution in [3.63, 3.8) is 0 Å². The summed E-state index contributed by atoms with van der Waals surface area (Å²) in [6.07, 6.45) is 0.737. The Bertz CT molecular complexity index is 527. The lowest BCUT2D eigenvalue weighted by molar-refractivity contribution is 0.181. The molecule has 0 fully saturated rings. The average molecular weight is 283 g/mol. The van der Waals surface area contributed by atoms with Gasteiger partial charge in [-0.3, -0.25) is 0 Å². The van der Waals surface area contributed by atoms with Gasteiger partial charge in [0.05, 0.1) is 17.3 Å². The Labute approximate surface area is 116 Å². The Morgan fingerprint density at radius 3 is 2.83 bits per heavy atom. The van der Waals surface area contributed by atoms with E-state index in [0.717, 1.165) is 32.6 Å². The Kier molecular flexibility index (Phi) is 4.72. The van der Waals surface area contributed by atoms with Crippen LogP contribution in [0.4, 0.5) is 0 Å². The van der Waals surface area contributed by atoms with E-state index in [1.807, 2.05) is 24.3 Å². The van der Waals surface area contributed by atoms with E-state index >= 15 is 0 Å². The summed E-state index contributed by atoms with van der Waals surface area (Å²) in [4.78, 5) is 5.64. The molecule has 0 unspecified atom stereocenters. The summed E-state index contributed by atoms with van der Waals surface area (Å²) in [6, 6.07) is 7.82. The van der Waals surface area contributed by atoms with Gasteiger partial charge in [0, 0.05) is 30.0 Å². The zero-order chi connectivity index (χ0) is 13.0. The number of rotatable bonds is 5. The van der Waals surface area contributed by atoms with Crippen LogP contribution in [0, 0.1) is 0 Å². The molecule has 2 N–H and O–H groups in total. The van der Waals surface area contributed by atoms with Crippen molar-refractivity contribution in [3.8, 4) is 0 Å². The second kappa shape index (κ2) is 6.29. The van der Waals surface area contributed by atoms with Gasteiger partial charge in [-0.05, 0) is 11.6 Å². The number of thiazole rings is 1. The van der Waals surface area contributed by atoms with E-state index in [1.165, 1.54) is 0 Å². The number of ether oxygens (including phenoxy) is 1. The molecular formula is C13H15ClN2OS. The summed E-state index contributed by atoms with van der Waals surface area (Å²) in [5.41, 5.74) is 7.73. The lowest BCUT2D eigenvalue weighted by atomic mass is 10.1. The summed E-state index contributed by atoms with van der Waals surface area (Å²) >= 11 is 7.77. The van der Waals surface area contributed by atoms with E-state index in [4.69, 9.17) is 22.1 Å². The van der Waals surface area contributed by atoms with Crippen molar-refractivity contribution in [1.82, 2.24) is 4.98 Å². The maximum atomic E-state index is 6.14. The highest BCUT2D eigenvalue weighted by molar-refractivity contribution is 7.11. The standard InChI is InChI=1S/C13H15ClN2OS/c1-17-8-11-12(7-15)18-13(16-11)6-9-4-2-3-5-10(9)14/h2-5H,6-8,15H2,1H3. The van der Waals surface area contributed by atoms with Gasteiger partial charge in [0.1, 0.15) is 0 Å². The Balaban J connectivity index is 2.22. The first-order valence-electron chi connectivity index (χ1n) is 5.64. The Morgan fingerprint density at radius 2 is 2.17 bits per heavy atom. The number of nitrogens with zero attached hydrogens (tertiary/aromatic N) is 1. The lowest BCUT2D eigenvalue weighted by Crippen LogP contribution is -1.99. The van der Waals surface area contributed by atoms with Crippen molar-refractivity contribution in [3.05, 3.63) is 50.4 Å². The van der Waals surface area contributed by atoms with Crippen molar-refractivity contribution >= 4 is 22.9 Å². The molecular weight excluding hydrogens is 268 g/mol. The normalized spacial score (nSPS) is 10.8. The lowest BCUT2D eigenvalue weighted by Gasteiger charge is -2.00. The van der Waals surface area contributed by atoms with Gasteiger partial charge in [-0.2, -0.15) is 0 Å². The third-order valence-electron chi connectivity index (χ3n) is 2.59. The molecule has 0 aliphatic rings. The van der Waals surface area contributed by atoms with Crippen molar-refractivity contribution in [2.75, 3.05) is 7.11 Å². The average Bonchev–Trinajstić information content (AvgIpc) is 2.75. The molecule has 0 aliphatic heterocycles. The molecule has 18 heavy (non-hydrogen) atoms. The van der Waals surface area contributed by atoms with E-state index in [-0.39, 0.29) is 0 Å². The van der Waals surface area contributed by atoms with Crippen molar-refractivity contribution in [2.24, 2.45) is 5.73 Å². The van der Waals surface area contributed by atoms with Gasteiger partial charge in [-0.25, -0.2) is 4.98 Å². The molecule has 96 valence electrons. The molecule has 0 saturated carbocycles. The number of methoxy groups -OCH3 is 1. The van der Waals surface area contributed by atoms with Crippen LogP contribution in [0.2, 0.25) is 5.02 Å². The van der Waals surface area contributed by atoms with E-state index < -0.39 is 0 Å². The Morgan fingerprint density at radius 1 is 1.39 bits per heavy atom. The topological polar surface area (TPSA) is 48.1 Å². The predicted octanol–water partition coefficient (Wildman–Crippen LogP) is 2.99. The molecule has 2 rings (SSSR count). The number of hydrogen-bond acceptors (Lipinski definition) is 4. The largest absolute Gasteiger partial charge is 0.378 e. The molecule has 1 heterocycles. The highest BCUT2D eigenvalue weighted by Crippen LogP contribution is 2.24. The molecule has 0 spiro atoms. The predicted molar refractivity (Wildman–Crippen MR) is 75.0 cm³/mol. The molecule has 0 bridgehead atoms. The summed E-state index contributed by atoms with van der Waals surface area (Å²) in [6.45, 7) is 1.00. The fourth-order valence-electron chi connectivity index (χ4n) is 1.73. The number of halogens is 1. The quantitative estimate of drug-likeness (QED) is 0.917. The number of hydrogen-bond donors (Lipinski definition) is 1. The van der Waals surface area contributed by atoms with Crippen LogP contribution in [-0.4, -0.2) is 12.1 Å². The number of benzene rings is 1. The van der Waals surface area contributed by atoms with Crippen LogP contribution in [0.15, 0.2) is 24.3 Å². The minimum absolute atomic E-state index is 0.499. The van der Waals surface area contributed by atoms with E-state index in [2.05, 4.69) is 4.98 Å². The zero-order valence-electron chi connectivity index (χ0n) is 10.1. The molecule has 0 amide bonds. The van der Waals surface area contributed by atoms with Crippen LogP contribution in [0.25, 0.3) is 0 Å². The van der Waals surface area contributed by atoms with Gasteiger partial charge >= 0.3 is 0 Å². The fourth-order valence-corrected chi connectivity index (χ4v) is 2.90. The molecule has 1 aromatic heterocycles. The minimum atomic E-state index is 0.499. The molecule has 0 radical (unpaired) electrons. The van der Waals surface area contributed by atoms with Gasteiger partial charge < -0.3 is 10.5 Å². The van der Waals surface area contributed by atoms with Crippen molar-refractivity contribution < 1.29 is 4.74 Å². The highest BCUT2D eigenvalue weighted by Gasteiger charge is 2.11. The molecule has 5 heteroatoms. The highest BCUT2D eigenvalue weighted by atomic mass is 35.5. The van der Waals surface area contributed by atoms with Crippen LogP contribution in [0.1, 0.15) is 21.1 Å². The SMILES string of the molecule is COCc1nc(Cc2ccccc2Cl)sc1CN. The van der Waals surface area contributed by atoms with Crippen LogP contribution >= 0.6 is 22.9 Å². The second-order valence-corrected chi connectivity index (χ2v) is 5.46. The molecule has 0 atom stereocenters. The molecule has 0 saturated heterocycles. The van der Waals surface area contributed by atoms with E-state index in [0.29, 0.717) is 13.2 Å². The first-order chi connectivity index (χ1) is 8.74. The van der Waals surface area contributed by atoms with Crippen molar-refractivity contribution in [1.29, 1.82) is 0 Å². The number of aromatic nitrogens is 1. The van der Waals surface area contributed by atoms with Crippen LogP contribution in [0.5, 0.6) is 0 Å². The monoisotopic (exact) mass is 282 g/mol. The first-order valence-corrected chi connectivity index (χ1v) is 6.84. The maximum absolute atomic E-state index is 6.14. The molecule has 1 aromatic carbocycles. The summed E-state index contributed by atoms with van der Waals surface area (Å²) in [7, 11) is 1.66. The van der Waals surface area contributed by atoms with Gasteiger partial charge in [0.2, 0.25) is 0 Å². The van der Waals surface area contributed by atoms with Gasteiger partial charge in [0.25, 0.3) is 0 Å². The number of nitrogens with two attached hydrogens (primary N) is 1. The molecule has 2 aromatic rings. The summed E-state index contributed by atoms with van der Waals surface area (Å²) in [5, 5.41) is 1.80. The van der Waals surface area contributed by atoms with E-state index in [1.54, 1.807) is 18.4 Å². The second-order valence-electron chi connectivity index (χ2n) is 3.88. The van der Waals surface area contributed by atoms with Crippen LogP contribution in [-0.2, 0) is 24.3 Å². The van der Waals surface area contributed by atoms with Crippen LogP contribution < -0.4 is 5.73 Å². The summed E-state index contributed by atoms with van der Waals surface area (Å²) in [5.74, 6) is 0. The summed E-state index contributed by atoms with van der Waals surface area (Å²) < 4.78 is 5.12. The van der Waals surface area contributed by atoms with Gasteiger partial charge in [-0.1, -0.05) is 29.8 Å². The molecule has 0 aliphatic carbocycles. The smallest absolute Gasteiger partial charge is 0.0977 e. The Hall–Kier alpha value is -0.940. The first kappa shape index (κ1) is 13.5. The maximum Gasteiger partial charge on any atom is 0.0977 e. The third kappa shape index (κ3) is 3.09. The zero-order valence-corrected chi connectivity index (χ0v) is 11.7. The van der Waals surface area contributed by atoms with Crippen molar-refractivity contribution in [2.45, 2.75) is 19.6 Å². The van der Waals surface area contributed by atoms with E-state index in [9.17, 15) is 0 Å². The molecule has 3 nitrogen and oxygen atoms in total.